The summed E-state index contributed by atoms with van der Waals surface area (Å²) >= 11 is 6.01. The van der Waals surface area contributed by atoms with E-state index in [1.54, 1.807) is 0 Å². The monoisotopic (exact) mass is 271 g/mol. The third-order valence-electron chi connectivity index (χ3n) is 2.93. The second-order valence-corrected chi connectivity index (χ2v) is 4.76. The zero-order valence-corrected chi connectivity index (χ0v) is 11.8. The van der Waals surface area contributed by atoms with Crippen molar-refractivity contribution in [2.45, 2.75) is 32.2 Å². The van der Waals surface area contributed by atoms with Crippen LogP contribution in [-0.2, 0) is 0 Å². The maximum absolute atomic E-state index is 8.70. The summed E-state index contributed by atoms with van der Waals surface area (Å²) < 4.78 is 5.78. The van der Waals surface area contributed by atoms with E-state index in [0.29, 0.717) is 6.61 Å². The molecule has 1 rings (SSSR count). The fourth-order valence-electron chi connectivity index (χ4n) is 1.72. The highest BCUT2D eigenvalue weighted by atomic mass is 35.5. The molecule has 0 saturated carbocycles. The second-order valence-electron chi connectivity index (χ2n) is 4.33. The van der Waals surface area contributed by atoms with Crippen LogP contribution in [0.5, 0.6) is 5.75 Å². The minimum absolute atomic E-state index is 0.205. The summed E-state index contributed by atoms with van der Waals surface area (Å²) in [6.45, 7) is 3.00. The number of nitrogens with one attached hydrogen (secondary N) is 1. The van der Waals surface area contributed by atoms with Crippen LogP contribution < -0.4 is 10.1 Å². The van der Waals surface area contributed by atoms with Gasteiger partial charge >= 0.3 is 0 Å². The van der Waals surface area contributed by atoms with Crippen LogP contribution in [-0.4, -0.2) is 25.4 Å². The van der Waals surface area contributed by atoms with Crippen LogP contribution in [0.1, 0.15) is 37.8 Å². The first-order valence-electron chi connectivity index (χ1n) is 6.39. The first kappa shape index (κ1) is 15.3. The molecule has 1 atom stereocenters. The van der Waals surface area contributed by atoms with Crippen LogP contribution in [0, 0.1) is 0 Å². The van der Waals surface area contributed by atoms with E-state index in [2.05, 4.69) is 12.2 Å². The minimum Gasteiger partial charge on any atom is -0.493 e. The number of unbranched alkanes of at least 4 members (excludes halogenated alkanes) is 2. The molecule has 0 saturated heterocycles. The van der Waals surface area contributed by atoms with Crippen molar-refractivity contribution in [3.8, 4) is 5.75 Å². The quantitative estimate of drug-likeness (QED) is 0.714. The number of halogens is 1. The van der Waals surface area contributed by atoms with Gasteiger partial charge in [-0.15, -0.1) is 0 Å². The fourth-order valence-corrected chi connectivity index (χ4v) is 1.90. The van der Waals surface area contributed by atoms with Gasteiger partial charge in [-0.3, -0.25) is 0 Å². The average Bonchev–Trinajstić information content (AvgIpc) is 2.39. The number of hydrogen-bond donors (Lipinski definition) is 2. The molecule has 1 aromatic carbocycles. The van der Waals surface area contributed by atoms with Gasteiger partial charge in [0.2, 0.25) is 0 Å². The smallest absolute Gasteiger partial charge is 0.124 e. The molecule has 0 aliphatic heterocycles. The van der Waals surface area contributed by atoms with Gasteiger partial charge in [-0.05, 0) is 51.4 Å². The van der Waals surface area contributed by atoms with Gasteiger partial charge in [0, 0.05) is 23.2 Å². The van der Waals surface area contributed by atoms with E-state index < -0.39 is 0 Å². The van der Waals surface area contributed by atoms with E-state index in [0.717, 1.165) is 35.6 Å². The van der Waals surface area contributed by atoms with E-state index in [-0.39, 0.29) is 12.6 Å². The molecule has 0 amide bonds. The normalized spacial score (nSPS) is 12.4. The van der Waals surface area contributed by atoms with E-state index in [4.69, 9.17) is 21.4 Å². The highest BCUT2D eigenvalue weighted by molar-refractivity contribution is 6.30. The topological polar surface area (TPSA) is 41.5 Å². The maximum Gasteiger partial charge on any atom is 0.124 e. The molecule has 4 heteroatoms. The Balaban J connectivity index is 2.58. The van der Waals surface area contributed by atoms with Gasteiger partial charge < -0.3 is 15.2 Å². The Morgan fingerprint density at radius 3 is 2.78 bits per heavy atom. The summed E-state index contributed by atoms with van der Waals surface area (Å²) in [6, 6.07) is 5.90. The highest BCUT2D eigenvalue weighted by Gasteiger charge is 2.10. The molecule has 0 bridgehead atoms. The molecule has 0 spiro atoms. The molecule has 1 aromatic rings. The molecule has 18 heavy (non-hydrogen) atoms. The van der Waals surface area contributed by atoms with E-state index in [9.17, 15) is 0 Å². The maximum atomic E-state index is 8.70. The predicted molar refractivity (Wildman–Crippen MR) is 75.4 cm³/mol. The molecular weight excluding hydrogens is 250 g/mol. The molecule has 1 unspecified atom stereocenters. The van der Waals surface area contributed by atoms with Crippen LogP contribution in [0.25, 0.3) is 0 Å². The van der Waals surface area contributed by atoms with Crippen molar-refractivity contribution in [1.29, 1.82) is 0 Å². The van der Waals surface area contributed by atoms with Gasteiger partial charge in [-0.25, -0.2) is 0 Å². The predicted octanol–water partition coefficient (Wildman–Crippen LogP) is 3.16. The van der Waals surface area contributed by atoms with Gasteiger partial charge in [0.15, 0.2) is 0 Å². The zero-order chi connectivity index (χ0) is 13.4. The number of ether oxygens (including phenoxy) is 1. The first-order valence-corrected chi connectivity index (χ1v) is 6.77. The van der Waals surface area contributed by atoms with Crippen LogP contribution in [0.15, 0.2) is 18.2 Å². The van der Waals surface area contributed by atoms with Crippen LogP contribution in [0.2, 0.25) is 5.02 Å². The first-order chi connectivity index (χ1) is 8.69. The molecule has 102 valence electrons. The summed E-state index contributed by atoms with van der Waals surface area (Å²) in [6.07, 6.45) is 2.78. The van der Waals surface area contributed by atoms with Crippen molar-refractivity contribution in [3.05, 3.63) is 28.8 Å². The average molecular weight is 272 g/mol. The van der Waals surface area contributed by atoms with Crippen molar-refractivity contribution in [2.24, 2.45) is 0 Å². The standard InChI is InChI=1S/C14H22ClNO2/c1-11(16-2)13-10-12(15)6-7-14(13)18-9-5-3-4-8-17/h6-7,10-11,16-17H,3-5,8-9H2,1-2H3. The largest absolute Gasteiger partial charge is 0.493 e. The Morgan fingerprint density at radius 1 is 1.33 bits per heavy atom. The summed E-state index contributed by atoms with van der Waals surface area (Å²) in [5.41, 5.74) is 1.08. The summed E-state index contributed by atoms with van der Waals surface area (Å²) in [5, 5.41) is 12.6. The molecule has 0 radical (unpaired) electrons. The van der Waals surface area contributed by atoms with Gasteiger partial charge in [-0.2, -0.15) is 0 Å². The van der Waals surface area contributed by atoms with Gasteiger partial charge in [0.25, 0.3) is 0 Å². The lowest BCUT2D eigenvalue weighted by atomic mass is 10.1. The number of aliphatic hydroxyl groups is 1. The molecule has 0 fully saturated rings. The Hall–Kier alpha value is -0.770. The third-order valence-corrected chi connectivity index (χ3v) is 3.17. The zero-order valence-electron chi connectivity index (χ0n) is 11.1. The lowest BCUT2D eigenvalue weighted by Gasteiger charge is -2.17. The van der Waals surface area contributed by atoms with Crippen LogP contribution in [0.3, 0.4) is 0 Å². The molecule has 0 aromatic heterocycles. The molecule has 0 aliphatic carbocycles. The third kappa shape index (κ3) is 4.84. The SMILES string of the molecule is CNC(C)c1cc(Cl)ccc1OCCCCCO. The van der Waals surface area contributed by atoms with Crippen molar-refractivity contribution in [2.75, 3.05) is 20.3 Å². The molecule has 3 nitrogen and oxygen atoms in total. The molecule has 2 N–H and O–H groups in total. The number of benzene rings is 1. The lowest BCUT2D eigenvalue weighted by Crippen LogP contribution is -2.14. The van der Waals surface area contributed by atoms with E-state index in [1.807, 2.05) is 25.2 Å². The number of rotatable bonds is 8. The Morgan fingerprint density at radius 2 is 2.11 bits per heavy atom. The molecule has 0 aliphatic rings. The number of hydrogen-bond acceptors (Lipinski definition) is 3. The Labute approximate surface area is 114 Å². The minimum atomic E-state index is 0.205. The van der Waals surface area contributed by atoms with Gasteiger partial charge in [-0.1, -0.05) is 11.6 Å². The van der Waals surface area contributed by atoms with Crippen molar-refractivity contribution >= 4 is 11.6 Å². The lowest BCUT2D eigenvalue weighted by molar-refractivity contribution is 0.264. The van der Waals surface area contributed by atoms with E-state index >= 15 is 0 Å². The Kier molecular flexibility index (Phi) is 7.09. The Bertz CT molecular complexity index is 358. The van der Waals surface area contributed by atoms with Crippen molar-refractivity contribution in [3.63, 3.8) is 0 Å². The van der Waals surface area contributed by atoms with Crippen molar-refractivity contribution in [1.82, 2.24) is 5.32 Å². The van der Waals surface area contributed by atoms with Gasteiger partial charge in [0.05, 0.1) is 6.61 Å². The highest BCUT2D eigenvalue weighted by Crippen LogP contribution is 2.28. The van der Waals surface area contributed by atoms with Crippen LogP contribution in [0.4, 0.5) is 0 Å². The van der Waals surface area contributed by atoms with Crippen LogP contribution >= 0.6 is 11.6 Å². The summed E-state index contributed by atoms with van der Waals surface area (Å²) in [7, 11) is 1.91. The fraction of sp³-hybridized carbons (Fsp3) is 0.571. The second kappa shape index (κ2) is 8.35. The number of aliphatic hydroxyl groups excluding tert-OH is 1. The summed E-state index contributed by atoms with van der Waals surface area (Å²) in [5.74, 6) is 0.880. The molecule has 0 heterocycles. The van der Waals surface area contributed by atoms with Gasteiger partial charge in [0.1, 0.15) is 5.75 Å². The van der Waals surface area contributed by atoms with Crippen molar-refractivity contribution < 1.29 is 9.84 Å². The molecular formula is C14H22ClNO2. The summed E-state index contributed by atoms with van der Waals surface area (Å²) in [4.78, 5) is 0. The van der Waals surface area contributed by atoms with E-state index in [1.165, 1.54) is 0 Å².